The molecule has 134 valence electrons. The van der Waals surface area contributed by atoms with Crippen molar-refractivity contribution in [3.63, 3.8) is 0 Å². The van der Waals surface area contributed by atoms with E-state index in [1.165, 1.54) is 17.7 Å². The molecule has 3 rings (SSSR count). The molecule has 2 aromatic rings. The number of benzene rings is 1. The van der Waals surface area contributed by atoms with Crippen molar-refractivity contribution in [1.82, 2.24) is 5.32 Å². The van der Waals surface area contributed by atoms with E-state index in [0.717, 1.165) is 19.3 Å². The molecule has 2 amide bonds. The number of hydrogen-bond acceptors (Lipinski definition) is 4. The molecule has 0 radical (unpaired) electrons. The highest BCUT2D eigenvalue weighted by Crippen LogP contribution is 2.33. The fraction of sp³-hybridized carbons (Fsp3) is 0.421. The first-order chi connectivity index (χ1) is 12.2. The number of ether oxygens (including phenoxy) is 2. The minimum Gasteiger partial charge on any atom is -0.493 e. The largest absolute Gasteiger partial charge is 0.493 e. The molecule has 0 spiro atoms. The van der Waals surface area contributed by atoms with Gasteiger partial charge in [0.15, 0.2) is 11.5 Å². The van der Waals surface area contributed by atoms with Crippen molar-refractivity contribution < 1.29 is 14.3 Å². The van der Waals surface area contributed by atoms with Gasteiger partial charge in [0.1, 0.15) is 0 Å². The number of thiophene rings is 1. The highest BCUT2D eigenvalue weighted by Gasteiger charge is 2.18. The SMILES string of the molecule is COc1ccc(NC(=O)NCCc2cccs2)cc1OC1CCCC1. The van der Waals surface area contributed by atoms with Gasteiger partial charge in [-0.05, 0) is 55.7 Å². The Kier molecular flexibility index (Phi) is 6.17. The number of methoxy groups -OCH3 is 1. The Bertz CT molecular complexity index is 682. The van der Waals surface area contributed by atoms with Crippen molar-refractivity contribution in [2.24, 2.45) is 0 Å². The van der Waals surface area contributed by atoms with Gasteiger partial charge >= 0.3 is 6.03 Å². The van der Waals surface area contributed by atoms with E-state index in [1.807, 2.05) is 29.6 Å². The Morgan fingerprint density at radius 2 is 2.08 bits per heavy atom. The van der Waals surface area contributed by atoms with Crippen molar-refractivity contribution in [3.05, 3.63) is 40.6 Å². The van der Waals surface area contributed by atoms with Crippen LogP contribution in [-0.2, 0) is 6.42 Å². The van der Waals surface area contributed by atoms with E-state index in [1.54, 1.807) is 18.4 Å². The van der Waals surface area contributed by atoms with Crippen LogP contribution in [0.3, 0.4) is 0 Å². The lowest BCUT2D eigenvalue weighted by Gasteiger charge is -2.17. The summed E-state index contributed by atoms with van der Waals surface area (Å²) in [7, 11) is 1.63. The van der Waals surface area contributed by atoms with Crippen molar-refractivity contribution in [2.75, 3.05) is 19.0 Å². The lowest BCUT2D eigenvalue weighted by Crippen LogP contribution is -2.30. The first kappa shape index (κ1) is 17.6. The molecule has 1 saturated carbocycles. The van der Waals surface area contributed by atoms with Crippen molar-refractivity contribution >= 4 is 23.1 Å². The summed E-state index contributed by atoms with van der Waals surface area (Å²) in [5.74, 6) is 1.38. The molecule has 1 aliphatic carbocycles. The van der Waals surface area contributed by atoms with E-state index < -0.39 is 0 Å². The fourth-order valence-electron chi connectivity index (χ4n) is 2.96. The average Bonchev–Trinajstić information content (AvgIpc) is 3.29. The normalized spacial score (nSPS) is 14.3. The van der Waals surface area contributed by atoms with Crippen LogP contribution in [0.4, 0.5) is 10.5 Å². The molecule has 0 aliphatic heterocycles. The van der Waals surface area contributed by atoms with Crippen LogP contribution in [0.1, 0.15) is 30.6 Å². The molecule has 1 heterocycles. The molecular weight excluding hydrogens is 336 g/mol. The molecule has 1 aromatic carbocycles. The number of rotatable bonds is 7. The van der Waals surface area contributed by atoms with Crippen molar-refractivity contribution in [1.29, 1.82) is 0 Å². The van der Waals surface area contributed by atoms with Crippen molar-refractivity contribution in [3.8, 4) is 11.5 Å². The molecule has 1 aromatic heterocycles. The summed E-state index contributed by atoms with van der Waals surface area (Å²) >= 11 is 1.70. The van der Waals surface area contributed by atoms with E-state index in [-0.39, 0.29) is 12.1 Å². The minimum absolute atomic E-state index is 0.214. The van der Waals surface area contributed by atoms with Crippen LogP contribution >= 0.6 is 11.3 Å². The Balaban J connectivity index is 1.54. The summed E-state index contributed by atoms with van der Waals surface area (Å²) in [6.07, 6.45) is 5.64. The van der Waals surface area contributed by atoms with Crippen LogP contribution < -0.4 is 20.1 Å². The summed E-state index contributed by atoms with van der Waals surface area (Å²) < 4.78 is 11.4. The summed E-state index contributed by atoms with van der Waals surface area (Å²) in [6.45, 7) is 0.605. The third-order valence-corrected chi connectivity index (χ3v) is 5.19. The van der Waals surface area contributed by atoms with Gasteiger partial charge in [0.25, 0.3) is 0 Å². The summed E-state index contributed by atoms with van der Waals surface area (Å²) in [5.41, 5.74) is 0.697. The Morgan fingerprint density at radius 1 is 1.24 bits per heavy atom. The summed E-state index contributed by atoms with van der Waals surface area (Å²) in [4.78, 5) is 13.3. The highest BCUT2D eigenvalue weighted by molar-refractivity contribution is 7.09. The average molecular weight is 360 g/mol. The topological polar surface area (TPSA) is 59.6 Å². The van der Waals surface area contributed by atoms with Gasteiger partial charge in [-0.15, -0.1) is 11.3 Å². The Morgan fingerprint density at radius 3 is 2.80 bits per heavy atom. The maximum Gasteiger partial charge on any atom is 0.319 e. The predicted octanol–water partition coefficient (Wildman–Crippen LogP) is 4.44. The van der Waals surface area contributed by atoms with E-state index in [9.17, 15) is 4.79 Å². The van der Waals surface area contributed by atoms with Gasteiger partial charge in [0, 0.05) is 23.2 Å². The molecular formula is C19H24N2O3S. The van der Waals surface area contributed by atoms with Crippen molar-refractivity contribution in [2.45, 2.75) is 38.2 Å². The first-order valence-electron chi connectivity index (χ1n) is 8.66. The van der Waals surface area contributed by atoms with Gasteiger partial charge in [0.05, 0.1) is 13.2 Å². The maximum atomic E-state index is 12.1. The number of carbonyl (C=O) groups is 1. The van der Waals surface area contributed by atoms with Crippen LogP contribution in [0.15, 0.2) is 35.7 Å². The van der Waals surface area contributed by atoms with E-state index in [2.05, 4.69) is 16.7 Å². The lowest BCUT2D eigenvalue weighted by atomic mass is 10.2. The molecule has 1 aliphatic rings. The van der Waals surface area contributed by atoms with Crippen LogP contribution in [0.25, 0.3) is 0 Å². The van der Waals surface area contributed by atoms with Crippen LogP contribution in [0.2, 0.25) is 0 Å². The van der Waals surface area contributed by atoms with Gasteiger partial charge in [-0.25, -0.2) is 4.79 Å². The molecule has 0 saturated heterocycles. The zero-order valence-corrected chi connectivity index (χ0v) is 15.2. The van der Waals surface area contributed by atoms with Crippen LogP contribution in [-0.4, -0.2) is 25.8 Å². The van der Waals surface area contributed by atoms with Crippen LogP contribution in [0, 0.1) is 0 Å². The molecule has 0 bridgehead atoms. The van der Waals surface area contributed by atoms with Gasteiger partial charge in [-0.2, -0.15) is 0 Å². The zero-order valence-electron chi connectivity index (χ0n) is 14.4. The maximum absolute atomic E-state index is 12.1. The van der Waals surface area contributed by atoms with Gasteiger partial charge < -0.3 is 20.1 Å². The third-order valence-electron chi connectivity index (χ3n) is 4.25. The molecule has 5 nitrogen and oxygen atoms in total. The lowest BCUT2D eigenvalue weighted by molar-refractivity contribution is 0.201. The third kappa shape index (κ3) is 5.13. The predicted molar refractivity (Wildman–Crippen MR) is 101 cm³/mol. The van der Waals surface area contributed by atoms with Gasteiger partial charge in [-0.3, -0.25) is 0 Å². The number of amides is 2. The number of hydrogen-bond donors (Lipinski definition) is 2. The molecule has 1 fully saturated rings. The second kappa shape index (κ2) is 8.76. The smallest absolute Gasteiger partial charge is 0.319 e. The number of urea groups is 1. The molecule has 25 heavy (non-hydrogen) atoms. The Hall–Kier alpha value is -2.21. The zero-order chi connectivity index (χ0) is 17.5. The first-order valence-corrected chi connectivity index (χ1v) is 9.54. The number of nitrogens with one attached hydrogen (secondary N) is 2. The van der Waals surface area contributed by atoms with Gasteiger partial charge in [-0.1, -0.05) is 6.07 Å². The quantitative estimate of drug-likeness (QED) is 0.767. The number of carbonyl (C=O) groups excluding carboxylic acids is 1. The van der Waals surface area contributed by atoms with E-state index >= 15 is 0 Å². The van der Waals surface area contributed by atoms with E-state index in [4.69, 9.17) is 9.47 Å². The molecule has 0 unspecified atom stereocenters. The van der Waals surface area contributed by atoms with Crippen LogP contribution in [0.5, 0.6) is 11.5 Å². The van der Waals surface area contributed by atoms with E-state index in [0.29, 0.717) is 23.7 Å². The summed E-state index contributed by atoms with van der Waals surface area (Å²) in [5, 5.41) is 7.77. The second-order valence-corrected chi connectivity index (χ2v) is 7.13. The minimum atomic E-state index is -0.214. The number of anilines is 1. The molecule has 6 heteroatoms. The standard InChI is InChI=1S/C19H24N2O3S/c1-23-17-9-8-14(13-18(17)24-15-5-2-3-6-15)21-19(22)20-11-10-16-7-4-12-25-16/h4,7-9,12-13,15H,2-3,5-6,10-11H2,1H3,(H2,20,21,22). The molecule has 0 atom stereocenters. The highest BCUT2D eigenvalue weighted by atomic mass is 32.1. The molecule has 2 N–H and O–H groups in total. The van der Waals surface area contributed by atoms with Gasteiger partial charge in [0.2, 0.25) is 0 Å². The second-order valence-electron chi connectivity index (χ2n) is 6.10. The monoisotopic (exact) mass is 360 g/mol. The fourth-order valence-corrected chi connectivity index (χ4v) is 3.67. The Labute approximate surface area is 152 Å². The summed E-state index contributed by atoms with van der Waals surface area (Å²) in [6, 6.07) is 9.35.